The van der Waals surface area contributed by atoms with E-state index in [1.165, 1.54) is 6.08 Å². The molecule has 0 saturated carbocycles. The summed E-state index contributed by atoms with van der Waals surface area (Å²) in [7, 11) is 0. The van der Waals surface area contributed by atoms with Crippen molar-refractivity contribution in [2.24, 2.45) is 0 Å². The van der Waals surface area contributed by atoms with E-state index in [1.54, 1.807) is 6.07 Å². The lowest BCUT2D eigenvalue weighted by Gasteiger charge is -1.63. The smallest absolute Gasteiger partial charge is 0.0905 e. The fraction of sp³-hybridized carbons (Fsp3) is 0.400. The van der Waals surface area contributed by atoms with Gasteiger partial charge in [-0.1, -0.05) is 6.58 Å². The average molecular weight is 152 g/mol. The molecular weight excluding hydrogens is 145 g/mol. The largest absolute Gasteiger partial charge is 0.193 e. The molecule has 0 saturated heterocycles. The Morgan fingerprint density at radius 1 is 1.50 bits per heavy atom. The lowest BCUT2D eigenvalue weighted by molar-refractivity contribution is 1.52. The Labute approximate surface area is 59.5 Å². The highest BCUT2D eigenvalue weighted by Crippen LogP contribution is 1.75. The van der Waals surface area contributed by atoms with E-state index in [9.17, 15) is 0 Å². The van der Waals surface area contributed by atoms with Crippen molar-refractivity contribution < 1.29 is 0 Å². The van der Waals surface area contributed by atoms with Gasteiger partial charge in [0.05, 0.1) is 6.07 Å². The topological polar surface area (TPSA) is 23.8 Å². The molecule has 0 N–H and O–H groups in total. The third-order valence-electron chi connectivity index (χ3n) is 0.163. The molecule has 0 aliphatic carbocycles. The Morgan fingerprint density at radius 2 is 1.75 bits per heavy atom. The minimum absolute atomic E-state index is 0.557. The molecule has 0 aromatic carbocycles. The number of halogens is 2. The van der Waals surface area contributed by atoms with E-state index in [4.69, 9.17) is 28.5 Å². The first-order chi connectivity index (χ1) is 3.83. The summed E-state index contributed by atoms with van der Waals surface area (Å²) < 4.78 is 0. The highest BCUT2D eigenvalue weighted by molar-refractivity contribution is 6.25. The van der Waals surface area contributed by atoms with Crippen LogP contribution in [-0.4, -0.2) is 11.8 Å². The highest BCUT2D eigenvalue weighted by Gasteiger charge is 1.61. The van der Waals surface area contributed by atoms with E-state index in [2.05, 4.69) is 6.58 Å². The second-order valence-electron chi connectivity index (χ2n) is 0.711. The van der Waals surface area contributed by atoms with E-state index < -0.39 is 0 Å². The minimum Gasteiger partial charge on any atom is -0.193 e. The maximum Gasteiger partial charge on any atom is 0.0905 e. The van der Waals surface area contributed by atoms with Crippen LogP contribution < -0.4 is 0 Å². The van der Waals surface area contributed by atoms with Crippen molar-refractivity contribution in [1.82, 2.24) is 0 Å². The van der Waals surface area contributed by atoms with Crippen molar-refractivity contribution in [3.63, 3.8) is 0 Å². The van der Waals surface area contributed by atoms with Crippen molar-refractivity contribution in [3.8, 4) is 6.07 Å². The van der Waals surface area contributed by atoms with Crippen LogP contribution in [0.4, 0.5) is 0 Å². The van der Waals surface area contributed by atoms with Crippen LogP contribution in [0.2, 0.25) is 0 Å². The van der Waals surface area contributed by atoms with Crippen LogP contribution in [0.5, 0.6) is 0 Å². The number of allylic oxidation sites excluding steroid dienone is 1. The predicted molar refractivity (Wildman–Crippen MR) is 37.3 cm³/mol. The fourth-order valence-electron chi connectivity index (χ4n) is 0. The lowest BCUT2D eigenvalue weighted by atomic mass is 10.8. The van der Waals surface area contributed by atoms with Gasteiger partial charge in [0, 0.05) is 17.8 Å². The molecule has 0 aliphatic heterocycles. The summed E-state index contributed by atoms with van der Waals surface area (Å²) in [5.41, 5.74) is 0. The molecule has 0 spiro atoms. The average Bonchev–Trinajstić information content (AvgIpc) is 1.88. The van der Waals surface area contributed by atoms with Gasteiger partial charge < -0.3 is 0 Å². The number of nitrogens with zero attached hydrogens (tertiary/aromatic N) is 1. The molecule has 0 rings (SSSR count). The Hall–Kier alpha value is -0.190. The van der Waals surface area contributed by atoms with Gasteiger partial charge in [0.1, 0.15) is 0 Å². The Balaban J connectivity index is 0. The Kier molecular flexibility index (Phi) is 21.2. The standard InChI is InChI=1S/C3H3N.C2H4Cl2/c1-2-3-4;3-1-2-4/h2H,1H2;1-2H2. The van der Waals surface area contributed by atoms with Gasteiger partial charge in [0.25, 0.3) is 0 Å². The quantitative estimate of drug-likeness (QED) is 0.417. The van der Waals surface area contributed by atoms with Gasteiger partial charge in [-0.15, -0.1) is 23.2 Å². The van der Waals surface area contributed by atoms with Gasteiger partial charge in [-0.2, -0.15) is 5.26 Å². The molecular formula is C5H7Cl2N. The fourth-order valence-corrected chi connectivity index (χ4v) is 0. The van der Waals surface area contributed by atoms with Gasteiger partial charge in [-0.25, -0.2) is 0 Å². The molecule has 0 fully saturated rings. The number of alkyl halides is 2. The molecule has 0 unspecified atom stereocenters. The molecule has 0 bridgehead atoms. The molecule has 0 aliphatic rings. The zero-order valence-corrected chi connectivity index (χ0v) is 5.91. The third-order valence-corrected chi connectivity index (χ3v) is 0.734. The van der Waals surface area contributed by atoms with Gasteiger partial charge in [0.15, 0.2) is 0 Å². The highest BCUT2D eigenvalue weighted by atomic mass is 35.5. The van der Waals surface area contributed by atoms with Crippen molar-refractivity contribution in [1.29, 1.82) is 5.26 Å². The van der Waals surface area contributed by atoms with Gasteiger partial charge >= 0.3 is 0 Å². The second kappa shape index (κ2) is 15.8. The number of nitriles is 1. The zero-order valence-electron chi connectivity index (χ0n) is 4.40. The molecule has 1 nitrogen and oxygen atoms in total. The second-order valence-corrected chi connectivity index (χ2v) is 1.47. The summed E-state index contributed by atoms with van der Waals surface area (Å²) in [5.74, 6) is 1.11. The molecule has 0 aromatic rings. The molecule has 46 valence electrons. The SMILES string of the molecule is C=CC#N.ClCCCl. The summed E-state index contributed by atoms with van der Waals surface area (Å²) in [6.07, 6.45) is 1.18. The van der Waals surface area contributed by atoms with E-state index in [0.717, 1.165) is 0 Å². The summed E-state index contributed by atoms with van der Waals surface area (Å²) in [6, 6.07) is 1.69. The zero-order chi connectivity index (χ0) is 6.83. The van der Waals surface area contributed by atoms with Gasteiger partial charge in [-0.3, -0.25) is 0 Å². The minimum atomic E-state index is 0.557. The van der Waals surface area contributed by atoms with Crippen LogP contribution in [0.15, 0.2) is 12.7 Å². The first-order valence-electron chi connectivity index (χ1n) is 1.96. The molecule has 0 heterocycles. The molecule has 0 radical (unpaired) electrons. The maximum atomic E-state index is 7.51. The van der Waals surface area contributed by atoms with Crippen LogP contribution >= 0.6 is 23.2 Å². The van der Waals surface area contributed by atoms with Gasteiger partial charge in [0.2, 0.25) is 0 Å². The van der Waals surface area contributed by atoms with Crippen LogP contribution in [0.3, 0.4) is 0 Å². The number of hydrogen-bond acceptors (Lipinski definition) is 1. The van der Waals surface area contributed by atoms with Crippen molar-refractivity contribution >= 4 is 23.2 Å². The van der Waals surface area contributed by atoms with E-state index in [-0.39, 0.29) is 0 Å². The molecule has 0 aromatic heterocycles. The molecule has 3 heteroatoms. The molecule has 8 heavy (non-hydrogen) atoms. The van der Waals surface area contributed by atoms with Crippen LogP contribution in [-0.2, 0) is 0 Å². The Morgan fingerprint density at radius 3 is 1.75 bits per heavy atom. The summed E-state index contributed by atoms with van der Waals surface area (Å²) in [5, 5.41) is 7.51. The van der Waals surface area contributed by atoms with Crippen molar-refractivity contribution in [2.45, 2.75) is 0 Å². The van der Waals surface area contributed by atoms with E-state index in [0.29, 0.717) is 11.8 Å². The van der Waals surface area contributed by atoms with Crippen molar-refractivity contribution in [3.05, 3.63) is 12.7 Å². The summed E-state index contributed by atoms with van der Waals surface area (Å²) >= 11 is 10.1. The van der Waals surface area contributed by atoms with Crippen LogP contribution in [0.25, 0.3) is 0 Å². The first kappa shape index (κ1) is 10.7. The van der Waals surface area contributed by atoms with Crippen molar-refractivity contribution in [2.75, 3.05) is 11.8 Å². The number of hydrogen-bond donors (Lipinski definition) is 0. The maximum absolute atomic E-state index is 7.51. The molecule has 0 amide bonds. The third kappa shape index (κ3) is 41.0. The van der Waals surface area contributed by atoms with Gasteiger partial charge in [-0.05, 0) is 0 Å². The first-order valence-corrected chi connectivity index (χ1v) is 3.02. The van der Waals surface area contributed by atoms with E-state index in [1.807, 2.05) is 0 Å². The summed E-state index contributed by atoms with van der Waals surface area (Å²) in [6.45, 7) is 3.12. The molecule has 0 atom stereocenters. The number of rotatable bonds is 1. The predicted octanol–water partition coefficient (Wildman–Crippen LogP) is 2.16. The summed E-state index contributed by atoms with van der Waals surface area (Å²) in [4.78, 5) is 0. The van der Waals surface area contributed by atoms with E-state index >= 15 is 0 Å². The monoisotopic (exact) mass is 151 g/mol. The normalized spacial score (nSPS) is 5.62. The van der Waals surface area contributed by atoms with Crippen LogP contribution in [0, 0.1) is 11.3 Å². The Bertz CT molecular complexity index is 73.0. The van der Waals surface area contributed by atoms with Crippen LogP contribution in [0.1, 0.15) is 0 Å². The lowest BCUT2D eigenvalue weighted by Crippen LogP contribution is -1.63.